The first-order valence-corrected chi connectivity index (χ1v) is 6.76. The van der Waals surface area contributed by atoms with E-state index in [9.17, 15) is 19.7 Å². The molecule has 0 fully saturated rings. The lowest BCUT2D eigenvalue weighted by molar-refractivity contribution is -0.384. The Morgan fingerprint density at radius 1 is 1.43 bits per heavy atom. The van der Waals surface area contributed by atoms with Crippen LogP contribution in [0.5, 0.6) is 0 Å². The molecule has 3 rings (SSSR count). The van der Waals surface area contributed by atoms with Gasteiger partial charge >= 0.3 is 0 Å². The highest BCUT2D eigenvalue weighted by molar-refractivity contribution is 5.98. The Labute approximate surface area is 129 Å². The topological polar surface area (TPSA) is 132 Å². The molecule has 1 atom stereocenters. The number of amides is 2. The molecule has 1 aliphatic rings. The molecule has 10 nitrogen and oxygen atoms in total. The molecule has 0 saturated heterocycles. The number of anilines is 2. The zero-order valence-corrected chi connectivity index (χ0v) is 11.8. The zero-order valence-electron chi connectivity index (χ0n) is 11.8. The van der Waals surface area contributed by atoms with Crippen molar-refractivity contribution in [3.63, 3.8) is 0 Å². The largest absolute Gasteiger partial charge is 0.326 e. The summed E-state index contributed by atoms with van der Waals surface area (Å²) >= 11 is 0. The summed E-state index contributed by atoms with van der Waals surface area (Å²) < 4.78 is 1.52. The number of aromatic nitrogens is 3. The number of carbonyl (C=O) groups is 2. The second kappa shape index (κ2) is 5.83. The van der Waals surface area contributed by atoms with Gasteiger partial charge in [0.2, 0.25) is 17.8 Å². The molecule has 1 aliphatic heterocycles. The third-order valence-corrected chi connectivity index (χ3v) is 3.41. The Morgan fingerprint density at radius 3 is 2.87 bits per heavy atom. The number of benzene rings is 1. The predicted octanol–water partition coefficient (Wildman–Crippen LogP) is 0.783. The lowest BCUT2D eigenvalue weighted by Gasteiger charge is -2.21. The van der Waals surface area contributed by atoms with Crippen LogP contribution in [0.25, 0.3) is 0 Å². The van der Waals surface area contributed by atoms with Crippen LogP contribution in [0.2, 0.25) is 0 Å². The zero-order chi connectivity index (χ0) is 16.4. The molecule has 0 saturated carbocycles. The maximum atomic E-state index is 12.0. The normalized spacial score (nSPS) is 16.3. The van der Waals surface area contributed by atoms with Crippen LogP contribution in [0.1, 0.15) is 6.42 Å². The monoisotopic (exact) mass is 316 g/mol. The van der Waals surface area contributed by atoms with Crippen LogP contribution in [0.15, 0.2) is 30.6 Å². The van der Waals surface area contributed by atoms with Crippen LogP contribution in [0, 0.1) is 16.0 Å². The van der Waals surface area contributed by atoms with E-state index in [2.05, 4.69) is 20.7 Å². The van der Waals surface area contributed by atoms with Crippen LogP contribution in [-0.2, 0) is 16.1 Å². The van der Waals surface area contributed by atoms with Gasteiger partial charge in [0.1, 0.15) is 6.33 Å². The van der Waals surface area contributed by atoms with Crippen LogP contribution < -0.4 is 10.6 Å². The SMILES string of the molecule is O=C(C[C@H]1Cn2ncnc2NC1=O)Nc1ccc([N+](=O)[O-])cc1. The van der Waals surface area contributed by atoms with Crippen molar-refractivity contribution in [1.29, 1.82) is 0 Å². The summed E-state index contributed by atoms with van der Waals surface area (Å²) in [7, 11) is 0. The molecule has 2 aromatic rings. The molecule has 1 aromatic carbocycles. The van der Waals surface area contributed by atoms with Crippen molar-refractivity contribution in [2.24, 2.45) is 5.92 Å². The number of rotatable bonds is 4. The third-order valence-electron chi connectivity index (χ3n) is 3.41. The first-order chi connectivity index (χ1) is 11.0. The summed E-state index contributed by atoms with van der Waals surface area (Å²) in [5.41, 5.74) is 0.367. The van der Waals surface area contributed by atoms with E-state index in [1.165, 1.54) is 35.3 Å². The number of fused-ring (bicyclic) bond motifs is 1. The maximum absolute atomic E-state index is 12.0. The number of nitro groups is 1. The summed E-state index contributed by atoms with van der Waals surface area (Å²) in [5.74, 6) is -0.837. The van der Waals surface area contributed by atoms with E-state index in [1.807, 2.05) is 0 Å². The number of nitro benzene ring substituents is 1. The summed E-state index contributed by atoms with van der Waals surface area (Å²) in [6.07, 6.45) is 1.30. The average Bonchev–Trinajstić information content (AvgIpc) is 2.95. The highest BCUT2D eigenvalue weighted by Crippen LogP contribution is 2.20. The van der Waals surface area contributed by atoms with Gasteiger partial charge in [-0.2, -0.15) is 10.1 Å². The first kappa shape index (κ1) is 14.6. The molecule has 10 heteroatoms. The highest BCUT2D eigenvalue weighted by atomic mass is 16.6. The lowest BCUT2D eigenvalue weighted by Crippen LogP contribution is -2.36. The fourth-order valence-corrected chi connectivity index (χ4v) is 2.26. The number of non-ortho nitro benzene ring substituents is 1. The smallest absolute Gasteiger partial charge is 0.269 e. The summed E-state index contributed by atoms with van der Waals surface area (Å²) in [6, 6.07) is 5.47. The highest BCUT2D eigenvalue weighted by Gasteiger charge is 2.29. The van der Waals surface area contributed by atoms with Crippen molar-refractivity contribution >= 4 is 29.1 Å². The average molecular weight is 316 g/mol. The molecule has 0 bridgehead atoms. The quantitative estimate of drug-likeness (QED) is 0.633. The molecule has 2 amide bonds. The third kappa shape index (κ3) is 3.15. The van der Waals surface area contributed by atoms with Crippen LogP contribution in [-0.4, -0.2) is 31.5 Å². The van der Waals surface area contributed by atoms with Gasteiger partial charge in [-0.3, -0.25) is 25.0 Å². The van der Waals surface area contributed by atoms with Gasteiger partial charge in [-0.25, -0.2) is 4.68 Å². The standard InChI is InChI=1S/C13H12N6O4/c20-11(16-9-1-3-10(4-2-9)19(22)23)5-8-6-18-13(14-7-15-18)17-12(8)21/h1-4,7-8H,5-6H2,(H,16,20)(H,14,15,17,21)/t8-/m0/s1. The molecule has 0 unspecified atom stereocenters. The molecule has 23 heavy (non-hydrogen) atoms. The summed E-state index contributed by atoms with van der Waals surface area (Å²) in [6.45, 7) is 0.273. The second-order valence-corrected chi connectivity index (χ2v) is 5.01. The first-order valence-electron chi connectivity index (χ1n) is 6.76. The molecule has 2 heterocycles. The number of hydrogen-bond acceptors (Lipinski definition) is 6. The molecule has 1 aromatic heterocycles. The Kier molecular flexibility index (Phi) is 3.71. The maximum Gasteiger partial charge on any atom is 0.269 e. The van der Waals surface area contributed by atoms with E-state index < -0.39 is 10.8 Å². The van der Waals surface area contributed by atoms with Gasteiger partial charge in [-0.05, 0) is 12.1 Å². The minimum Gasteiger partial charge on any atom is -0.326 e. The lowest BCUT2D eigenvalue weighted by atomic mass is 10.0. The van der Waals surface area contributed by atoms with Gasteiger partial charge in [0, 0.05) is 24.2 Å². The van der Waals surface area contributed by atoms with E-state index in [1.54, 1.807) is 0 Å². The second-order valence-electron chi connectivity index (χ2n) is 5.01. The number of hydrogen-bond donors (Lipinski definition) is 2. The predicted molar refractivity (Wildman–Crippen MR) is 78.5 cm³/mol. The van der Waals surface area contributed by atoms with Crippen LogP contribution >= 0.6 is 0 Å². The fourth-order valence-electron chi connectivity index (χ4n) is 2.26. The Hall–Kier alpha value is -3.30. The number of carbonyl (C=O) groups excluding carboxylic acids is 2. The van der Waals surface area contributed by atoms with Crippen LogP contribution in [0.3, 0.4) is 0 Å². The number of nitrogens with zero attached hydrogens (tertiary/aromatic N) is 4. The van der Waals surface area contributed by atoms with Crippen molar-refractivity contribution in [2.45, 2.75) is 13.0 Å². The molecule has 118 valence electrons. The van der Waals surface area contributed by atoms with Gasteiger partial charge < -0.3 is 5.32 Å². The van der Waals surface area contributed by atoms with Crippen molar-refractivity contribution < 1.29 is 14.5 Å². The van der Waals surface area contributed by atoms with E-state index in [4.69, 9.17) is 0 Å². The Bertz CT molecular complexity index is 769. The van der Waals surface area contributed by atoms with E-state index in [0.717, 1.165) is 0 Å². The van der Waals surface area contributed by atoms with Gasteiger partial charge in [-0.15, -0.1) is 0 Å². The van der Waals surface area contributed by atoms with Gasteiger partial charge in [0.25, 0.3) is 5.69 Å². The molecule has 0 aliphatic carbocycles. The van der Waals surface area contributed by atoms with Gasteiger partial charge in [0.15, 0.2) is 0 Å². The molecule has 0 radical (unpaired) electrons. The molecule has 2 N–H and O–H groups in total. The Morgan fingerprint density at radius 2 is 2.17 bits per heavy atom. The minimum atomic E-state index is -0.553. The van der Waals surface area contributed by atoms with E-state index in [0.29, 0.717) is 11.6 Å². The van der Waals surface area contributed by atoms with Crippen molar-refractivity contribution in [1.82, 2.24) is 14.8 Å². The van der Waals surface area contributed by atoms with Gasteiger partial charge in [-0.1, -0.05) is 0 Å². The minimum absolute atomic E-state index is 0.0257. The summed E-state index contributed by atoms with van der Waals surface area (Å²) in [5, 5.41) is 19.7. The van der Waals surface area contributed by atoms with E-state index in [-0.39, 0.29) is 30.5 Å². The number of nitrogens with one attached hydrogen (secondary N) is 2. The van der Waals surface area contributed by atoms with Crippen molar-refractivity contribution in [3.05, 3.63) is 40.7 Å². The van der Waals surface area contributed by atoms with Crippen molar-refractivity contribution in [2.75, 3.05) is 10.6 Å². The fraction of sp³-hybridized carbons (Fsp3) is 0.231. The summed E-state index contributed by atoms with van der Waals surface area (Å²) in [4.78, 5) is 37.9. The molecular weight excluding hydrogens is 304 g/mol. The van der Waals surface area contributed by atoms with E-state index >= 15 is 0 Å². The van der Waals surface area contributed by atoms with Gasteiger partial charge in [0.05, 0.1) is 17.4 Å². The van der Waals surface area contributed by atoms with Crippen molar-refractivity contribution in [3.8, 4) is 0 Å². The Balaban J connectivity index is 1.61. The van der Waals surface area contributed by atoms with Crippen LogP contribution in [0.4, 0.5) is 17.3 Å². The molecule has 0 spiro atoms. The molecular formula is C13H12N6O4.